The van der Waals surface area contributed by atoms with Crippen LogP contribution in [-0.4, -0.2) is 22.1 Å². The van der Waals surface area contributed by atoms with Crippen LogP contribution in [0.25, 0.3) is 0 Å². The van der Waals surface area contributed by atoms with Gasteiger partial charge in [0.1, 0.15) is 17.3 Å². The highest BCUT2D eigenvalue weighted by atomic mass is 16.5. The maximum Gasteiger partial charge on any atom is 0.269 e. The smallest absolute Gasteiger partial charge is 0.269 e. The fraction of sp³-hybridized carbons (Fsp3) is 0.360. The molecular weight excluding hydrogens is 374 g/mol. The molecule has 0 bridgehead atoms. The van der Waals surface area contributed by atoms with Crippen LogP contribution in [0.1, 0.15) is 53.9 Å². The van der Waals surface area contributed by atoms with Crippen molar-refractivity contribution in [1.82, 2.24) is 9.55 Å². The Kier molecular flexibility index (Phi) is 6.30. The van der Waals surface area contributed by atoms with E-state index in [4.69, 9.17) is 10.5 Å². The lowest BCUT2D eigenvalue weighted by Crippen LogP contribution is -2.19. The molecule has 1 unspecified atom stereocenters. The first-order chi connectivity index (χ1) is 14.2. The van der Waals surface area contributed by atoms with E-state index in [9.17, 15) is 4.79 Å². The van der Waals surface area contributed by atoms with E-state index in [0.717, 1.165) is 23.8 Å². The molecule has 1 amide bonds. The van der Waals surface area contributed by atoms with Gasteiger partial charge in [0.2, 0.25) is 0 Å². The normalized spacial score (nSPS) is 12.6. The number of hydrogen-bond donors (Lipinski definition) is 1. The van der Waals surface area contributed by atoms with Crippen molar-refractivity contribution in [3.8, 4) is 5.75 Å². The van der Waals surface area contributed by atoms with Crippen LogP contribution in [0, 0.1) is 19.8 Å². The molecule has 1 aromatic heterocycles. The molecule has 2 aromatic carbocycles. The predicted octanol–water partition coefficient (Wildman–Crippen LogP) is 4.64. The number of primary amides is 1. The summed E-state index contributed by atoms with van der Waals surface area (Å²) in [5.41, 5.74) is 9.02. The molecule has 0 spiro atoms. The molecule has 1 heterocycles. The molecular formula is C25H31N3O2. The summed E-state index contributed by atoms with van der Waals surface area (Å²) in [6.07, 6.45) is 0. The van der Waals surface area contributed by atoms with Crippen LogP contribution in [0.3, 0.4) is 0 Å². The Bertz CT molecular complexity index is 1000. The van der Waals surface area contributed by atoms with Gasteiger partial charge < -0.3 is 15.0 Å². The molecule has 0 fully saturated rings. The molecule has 0 aliphatic rings. The Morgan fingerprint density at radius 3 is 2.23 bits per heavy atom. The van der Waals surface area contributed by atoms with Crippen molar-refractivity contribution in [2.75, 3.05) is 6.61 Å². The van der Waals surface area contributed by atoms with E-state index < -0.39 is 5.91 Å². The van der Waals surface area contributed by atoms with Gasteiger partial charge in [-0.05, 0) is 37.1 Å². The highest BCUT2D eigenvalue weighted by Crippen LogP contribution is 2.32. The molecule has 0 aliphatic heterocycles. The fourth-order valence-electron chi connectivity index (χ4n) is 3.77. The summed E-state index contributed by atoms with van der Waals surface area (Å²) >= 11 is 0. The van der Waals surface area contributed by atoms with E-state index in [0.29, 0.717) is 12.3 Å². The number of carbonyl (C=O) groups excluding carboxylic acids is 1. The predicted molar refractivity (Wildman–Crippen MR) is 120 cm³/mol. The van der Waals surface area contributed by atoms with E-state index in [1.807, 2.05) is 36.6 Å². The summed E-state index contributed by atoms with van der Waals surface area (Å²) in [6.45, 7) is 11.6. The van der Waals surface area contributed by atoms with Gasteiger partial charge >= 0.3 is 0 Å². The first kappa shape index (κ1) is 21.6. The zero-order valence-electron chi connectivity index (χ0n) is 18.5. The van der Waals surface area contributed by atoms with Gasteiger partial charge in [-0.2, -0.15) is 0 Å². The maximum absolute atomic E-state index is 11.5. The number of nitrogens with zero attached hydrogens (tertiary/aromatic N) is 2. The zero-order valence-corrected chi connectivity index (χ0v) is 18.5. The summed E-state index contributed by atoms with van der Waals surface area (Å²) in [7, 11) is 0. The SMILES string of the molecule is Cc1nc(C(N)=O)c(C)n1CC(C)COc1ccc(C(C)(C)c2ccccc2)cc1. The summed E-state index contributed by atoms with van der Waals surface area (Å²) in [6, 6.07) is 18.9. The number of aryl methyl sites for hydroxylation is 1. The van der Waals surface area contributed by atoms with E-state index in [2.05, 4.69) is 62.2 Å². The third-order valence-electron chi connectivity index (χ3n) is 5.75. The van der Waals surface area contributed by atoms with Crippen molar-refractivity contribution in [2.45, 2.75) is 46.6 Å². The molecule has 5 nitrogen and oxygen atoms in total. The number of ether oxygens (including phenoxy) is 1. The lowest BCUT2D eigenvalue weighted by molar-refractivity contribution is 0.0995. The van der Waals surface area contributed by atoms with Crippen molar-refractivity contribution < 1.29 is 9.53 Å². The number of hydrogen-bond acceptors (Lipinski definition) is 3. The highest BCUT2D eigenvalue weighted by Gasteiger charge is 2.22. The minimum Gasteiger partial charge on any atom is -0.493 e. The Hall–Kier alpha value is -3.08. The third-order valence-corrected chi connectivity index (χ3v) is 5.75. The topological polar surface area (TPSA) is 70.1 Å². The number of rotatable bonds is 8. The molecule has 1 atom stereocenters. The van der Waals surface area contributed by atoms with Gasteiger partial charge in [0.25, 0.3) is 5.91 Å². The maximum atomic E-state index is 11.5. The quantitative estimate of drug-likeness (QED) is 0.593. The van der Waals surface area contributed by atoms with Crippen LogP contribution in [0.5, 0.6) is 5.75 Å². The number of imidazole rings is 1. The van der Waals surface area contributed by atoms with Crippen molar-refractivity contribution in [3.05, 3.63) is 82.9 Å². The van der Waals surface area contributed by atoms with E-state index >= 15 is 0 Å². The fourth-order valence-corrected chi connectivity index (χ4v) is 3.77. The van der Waals surface area contributed by atoms with Crippen molar-refractivity contribution >= 4 is 5.91 Å². The molecule has 0 radical (unpaired) electrons. The monoisotopic (exact) mass is 405 g/mol. The number of aromatic nitrogens is 2. The second-order valence-corrected chi connectivity index (χ2v) is 8.50. The van der Waals surface area contributed by atoms with Crippen molar-refractivity contribution in [3.63, 3.8) is 0 Å². The van der Waals surface area contributed by atoms with Gasteiger partial charge in [-0.1, -0.05) is 63.2 Å². The first-order valence-electron chi connectivity index (χ1n) is 10.3. The zero-order chi connectivity index (χ0) is 21.9. The van der Waals surface area contributed by atoms with Crippen molar-refractivity contribution in [2.24, 2.45) is 11.7 Å². The van der Waals surface area contributed by atoms with E-state index in [-0.39, 0.29) is 11.3 Å². The van der Waals surface area contributed by atoms with Gasteiger partial charge in [0, 0.05) is 23.6 Å². The van der Waals surface area contributed by atoms with Crippen LogP contribution >= 0.6 is 0 Å². The molecule has 3 rings (SSSR count). The van der Waals surface area contributed by atoms with Crippen LogP contribution in [0.4, 0.5) is 0 Å². The summed E-state index contributed by atoms with van der Waals surface area (Å²) in [5, 5.41) is 0. The number of benzene rings is 2. The van der Waals surface area contributed by atoms with Gasteiger partial charge in [0.15, 0.2) is 0 Å². The van der Waals surface area contributed by atoms with Crippen molar-refractivity contribution in [1.29, 1.82) is 0 Å². The van der Waals surface area contributed by atoms with Crippen LogP contribution in [0.2, 0.25) is 0 Å². The second kappa shape index (κ2) is 8.74. The molecule has 0 saturated heterocycles. The lowest BCUT2D eigenvalue weighted by atomic mass is 9.78. The van der Waals surface area contributed by atoms with Gasteiger partial charge in [-0.15, -0.1) is 0 Å². The van der Waals surface area contributed by atoms with Crippen LogP contribution < -0.4 is 10.5 Å². The number of nitrogens with two attached hydrogens (primary N) is 1. The van der Waals surface area contributed by atoms with E-state index in [1.165, 1.54) is 11.1 Å². The standard InChI is InChI=1S/C25H31N3O2/c1-17(15-28-18(2)23(24(26)29)27-19(28)3)16-30-22-13-11-21(12-14-22)25(4,5)20-9-7-6-8-10-20/h6-14,17H,15-16H2,1-5H3,(H2,26,29). The summed E-state index contributed by atoms with van der Waals surface area (Å²) in [4.78, 5) is 15.8. The molecule has 0 saturated carbocycles. The van der Waals surface area contributed by atoms with Gasteiger partial charge in [-0.3, -0.25) is 4.79 Å². The molecule has 0 aliphatic carbocycles. The molecule has 5 heteroatoms. The molecule has 30 heavy (non-hydrogen) atoms. The average molecular weight is 406 g/mol. The Balaban J connectivity index is 1.62. The molecule has 3 aromatic rings. The number of amides is 1. The van der Waals surface area contributed by atoms with Crippen LogP contribution in [-0.2, 0) is 12.0 Å². The minimum absolute atomic E-state index is 0.0678. The minimum atomic E-state index is -0.489. The average Bonchev–Trinajstić information content (AvgIpc) is 3.01. The molecule has 158 valence electrons. The Morgan fingerprint density at radius 2 is 1.67 bits per heavy atom. The third kappa shape index (κ3) is 4.56. The highest BCUT2D eigenvalue weighted by molar-refractivity contribution is 5.92. The van der Waals surface area contributed by atoms with Gasteiger partial charge in [-0.25, -0.2) is 4.98 Å². The largest absolute Gasteiger partial charge is 0.493 e. The number of carbonyl (C=O) groups is 1. The Morgan fingerprint density at radius 1 is 1.07 bits per heavy atom. The lowest BCUT2D eigenvalue weighted by Gasteiger charge is -2.26. The second-order valence-electron chi connectivity index (χ2n) is 8.50. The van der Waals surface area contributed by atoms with Gasteiger partial charge in [0.05, 0.1) is 6.61 Å². The summed E-state index contributed by atoms with van der Waals surface area (Å²) < 4.78 is 8.05. The first-order valence-corrected chi connectivity index (χ1v) is 10.3. The summed E-state index contributed by atoms with van der Waals surface area (Å²) in [5.74, 6) is 1.40. The van der Waals surface area contributed by atoms with Crippen LogP contribution in [0.15, 0.2) is 54.6 Å². The molecule has 2 N–H and O–H groups in total. The van der Waals surface area contributed by atoms with E-state index in [1.54, 1.807) is 0 Å². The Labute approximate surface area is 178 Å².